The summed E-state index contributed by atoms with van der Waals surface area (Å²) >= 11 is 5.31. The maximum atomic E-state index is 12.5. The summed E-state index contributed by atoms with van der Waals surface area (Å²) in [5, 5.41) is 17.4. The van der Waals surface area contributed by atoms with Crippen LogP contribution < -0.4 is 10.6 Å². The smallest absolute Gasteiger partial charge is 0.257 e. The molecule has 3 N–H and O–H groups in total. The number of nitrogens with one attached hydrogen (secondary N) is 2. The van der Waals surface area contributed by atoms with E-state index in [2.05, 4.69) is 10.6 Å². The monoisotopic (exact) mass is 398 g/mol. The minimum absolute atomic E-state index is 0.199. The van der Waals surface area contributed by atoms with Crippen molar-refractivity contribution in [2.45, 2.75) is 0 Å². The second kappa shape index (κ2) is 8.12. The highest BCUT2D eigenvalue weighted by atomic mass is 32.1. The van der Waals surface area contributed by atoms with Crippen molar-refractivity contribution in [3.8, 4) is 16.9 Å². The van der Waals surface area contributed by atoms with Crippen LogP contribution in [0.1, 0.15) is 10.4 Å². The number of rotatable bonds is 3. The predicted molar refractivity (Wildman–Crippen MR) is 121 cm³/mol. The molecule has 0 aromatic heterocycles. The van der Waals surface area contributed by atoms with Crippen molar-refractivity contribution in [2.24, 2.45) is 0 Å². The lowest BCUT2D eigenvalue weighted by Gasteiger charge is -2.12. The van der Waals surface area contributed by atoms with Gasteiger partial charge in [0.1, 0.15) is 5.75 Å². The molecule has 0 fully saturated rings. The van der Waals surface area contributed by atoms with Gasteiger partial charge in [0.05, 0.1) is 0 Å². The number of hydrogen-bond donors (Lipinski definition) is 3. The molecular weight excluding hydrogens is 380 g/mol. The molecule has 142 valence electrons. The first-order chi connectivity index (χ1) is 14.1. The zero-order chi connectivity index (χ0) is 20.2. The molecule has 0 saturated carbocycles. The molecule has 0 unspecified atom stereocenters. The number of thiocarbonyl (C=S) groups is 1. The molecule has 0 bridgehead atoms. The van der Waals surface area contributed by atoms with E-state index in [9.17, 15) is 9.90 Å². The second-order valence-electron chi connectivity index (χ2n) is 6.56. The van der Waals surface area contributed by atoms with E-state index in [-0.39, 0.29) is 16.8 Å². The van der Waals surface area contributed by atoms with E-state index in [1.807, 2.05) is 60.7 Å². The van der Waals surface area contributed by atoms with Gasteiger partial charge >= 0.3 is 0 Å². The number of hydrogen-bond acceptors (Lipinski definition) is 3. The first kappa shape index (κ1) is 18.7. The van der Waals surface area contributed by atoms with Gasteiger partial charge in [-0.1, -0.05) is 54.6 Å². The fourth-order valence-corrected chi connectivity index (χ4v) is 3.36. The van der Waals surface area contributed by atoms with Gasteiger partial charge in [-0.3, -0.25) is 10.1 Å². The van der Waals surface area contributed by atoms with Crippen molar-refractivity contribution in [1.29, 1.82) is 0 Å². The molecule has 29 heavy (non-hydrogen) atoms. The SMILES string of the molecule is O=C(NC(=S)Nc1cccc2cc(O)ccc12)c1ccc(-c2ccccc2)cc1. The minimum atomic E-state index is -0.278. The van der Waals surface area contributed by atoms with Gasteiger partial charge in [-0.2, -0.15) is 0 Å². The van der Waals surface area contributed by atoms with Crippen molar-refractivity contribution in [1.82, 2.24) is 5.32 Å². The van der Waals surface area contributed by atoms with E-state index in [0.717, 1.165) is 27.6 Å². The standard InChI is InChI=1S/C24H18N2O2S/c27-20-13-14-21-19(15-20)7-4-8-22(21)25-24(29)26-23(28)18-11-9-17(10-12-18)16-5-2-1-3-6-16/h1-15,27H,(H2,25,26,28,29). The van der Waals surface area contributed by atoms with Crippen molar-refractivity contribution in [3.63, 3.8) is 0 Å². The Bertz CT molecular complexity index is 1190. The molecule has 0 saturated heterocycles. The van der Waals surface area contributed by atoms with Crippen LogP contribution in [0.4, 0.5) is 5.69 Å². The van der Waals surface area contributed by atoms with E-state index < -0.39 is 0 Å². The van der Waals surface area contributed by atoms with E-state index in [0.29, 0.717) is 5.56 Å². The van der Waals surface area contributed by atoms with Gasteiger partial charge in [0.25, 0.3) is 5.91 Å². The molecule has 4 aromatic rings. The number of aromatic hydroxyl groups is 1. The third kappa shape index (κ3) is 4.25. The Labute approximate surface area is 173 Å². The lowest BCUT2D eigenvalue weighted by atomic mass is 10.0. The summed E-state index contributed by atoms with van der Waals surface area (Å²) in [5.74, 6) is -0.0792. The topological polar surface area (TPSA) is 61.4 Å². The average molecular weight is 398 g/mol. The summed E-state index contributed by atoms with van der Waals surface area (Å²) in [6.45, 7) is 0. The molecule has 0 spiro atoms. The van der Waals surface area contributed by atoms with Gasteiger partial charge in [-0.15, -0.1) is 0 Å². The normalized spacial score (nSPS) is 10.5. The number of phenols is 1. The summed E-state index contributed by atoms with van der Waals surface area (Å²) in [7, 11) is 0. The summed E-state index contributed by atoms with van der Waals surface area (Å²) < 4.78 is 0. The third-order valence-electron chi connectivity index (χ3n) is 4.59. The number of anilines is 1. The Morgan fingerprint density at radius 2 is 1.52 bits per heavy atom. The van der Waals surface area contributed by atoms with Crippen molar-refractivity contribution in [3.05, 3.63) is 96.6 Å². The molecule has 0 aliphatic carbocycles. The van der Waals surface area contributed by atoms with Crippen LogP contribution in [0.2, 0.25) is 0 Å². The molecular formula is C24H18N2O2S. The maximum Gasteiger partial charge on any atom is 0.257 e. The molecule has 0 aliphatic rings. The van der Waals surface area contributed by atoms with E-state index in [1.165, 1.54) is 0 Å². The highest BCUT2D eigenvalue weighted by molar-refractivity contribution is 7.80. The summed E-state index contributed by atoms with van der Waals surface area (Å²) in [6, 6.07) is 28.1. The first-order valence-corrected chi connectivity index (χ1v) is 9.50. The molecule has 1 amide bonds. The summed E-state index contributed by atoms with van der Waals surface area (Å²) in [5.41, 5.74) is 3.42. The molecule has 4 aromatic carbocycles. The highest BCUT2D eigenvalue weighted by Crippen LogP contribution is 2.26. The lowest BCUT2D eigenvalue weighted by Crippen LogP contribution is -2.34. The Balaban J connectivity index is 1.46. The number of carbonyl (C=O) groups is 1. The quantitative estimate of drug-likeness (QED) is 0.408. The van der Waals surface area contributed by atoms with Crippen molar-refractivity contribution >= 4 is 39.7 Å². The fraction of sp³-hybridized carbons (Fsp3) is 0. The Morgan fingerprint density at radius 1 is 0.793 bits per heavy atom. The molecule has 0 atom stereocenters. The van der Waals surface area contributed by atoms with Crippen LogP contribution in [-0.2, 0) is 0 Å². The molecule has 5 heteroatoms. The van der Waals surface area contributed by atoms with E-state index >= 15 is 0 Å². The molecule has 0 radical (unpaired) electrons. The second-order valence-corrected chi connectivity index (χ2v) is 6.97. The maximum absolute atomic E-state index is 12.5. The number of phenolic OH excluding ortho intramolecular Hbond substituents is 1. The third-order valence-corrected chi connectivity index (χ3v) is 4.80. The van der Waals surface area contributed by atoms with Crippen LogP contribution in [0.3, 0.4) is 0 Å². The van der Waals surface area contributed by atoms with Crippen molar-refractivity contribution < 1.29 is 9.90 Å². The summed E-state index contributed by atoms with van der Waals surface area (Å²) in [4.78, 5) is 12.5. The van der Waals surface area contributed by atoms with Crippen LogP contribution in [0.15, 0.2) is 91.0 Å². The van der Waals surface area contributed by atoms with Crippen LogP contribution in [0.5, 0.6) is 5.75 Å². The van der Waals surface area contributed by atoms with Crippen LogP contribution in [0.25, 0.3) is 21.9 Å². The molecule has 4 nitrogen and oxygen atoms in total. The van der Waals surface area contributed by atoms with E-state index in [4.69, 9.17) is 12.2 Å². The average Bonchev–Trinajstić information content (AvgIpc) is 2.74. The Hall–Kier alpha value is -3.70. The van der Waals surface area contributed by atoms with Gasteiger partial charge in [0, 0.05) is 16.6 Å². The Kier molecular flexibility index (Phi) is 5.22. The zero-order valence-corrected chi connectivity index (χ0v) is 16.2. The first-order valence-electron chi connectivity index (χ1n) is 9.10. The van der Waals surface area contributed by atoms with Crippen LogP contribution in [-0.4, -0.2) is 16.1 Å². The number of fused-ring (bicyclic) bond motifs is 1. The fourth-order valence-electron chi connectivity index (χ4n) is 3.15. The van der Waals surface area contributed by atoms with E-state index in [1.54, 1.807) is 30.3 Å². The molecule has 0 heterocycles. The summed E-state index contributed by atoms with van der Waals surface area (Å²) in [6.07, 6.45) is 0. The van der Waals surface area contributed by atoms with Gasteiger partial charge < -0.3 is 10.4 Å². The van der Waals surface area contributed by atoms with Gasteiger partial charge in [0.2, 0.25) is 0 Å². The number of carbonyl (C=O) groups excluding carboxylic acids is 1. The number of amides is 1. The van der Waals surface area contributed by atoms with Crippen LogP contribution >= 0.6 is 12.2 Å². The zero-order valence-electron chi connectivity index (χ0n) is 15.4. The minimum Gasteiger partial charge on any atom is -0.508 e. The van der Waals surface area contributed by atoms with Crippen molar-refractivity contribution in [2.75, 3.05) is 5.32 Å². The van der Waals surface area contributed by atoms with Gasteiger partial charge in [0.15, 0.2) is 5.11 Å². The highest BCUT2D eigenvalue weighted by Gasteiger charge is 2.10. The lowest BCUT2D eigenvalue weighted by molar-refractivity contribution is 0.0978. The van der Waals surface area contributed by atoms with Gasteiger partial charge in [-0.05, 0) is 65.1 Å². The molecule has 4 rings (SSSR count). The van der Waals surface area contributed by atoms with Gasteiger partial charge in [-0.25, -0.2) is 0 Å². The molecule has 0 aliphatic heterocycles. The Morgan fingerprint density at radius 3 is 2.28 bits per heavy atom. The van der Waals surface area contributed by atoms with Crippen LogP contribution in [0, 0.1) is 0 Å². The largest absolute Gasteiger partial charge is 0.508 e. The predicted octanol–water partition coefficient (Wildman–Crippen LogP) is 5.34. The number of benzene rings is 4.